The van der Waals surface area contributed by atoms with Crippen LogP contribution in [-0.2, 0) is 14.3 Å². The van der Waals surface area contributed by atoms with Crippen molar-refractivity contribution >= 4 is 5.97 Å². The number of fused-ring (bicyclic) bond motifs is 2. The summed E-state index contributed by atoms with van der Waals surface area (Å²) in [6.45, 7) is 0. The average molecular weight is 196 g/mol. The Labute approximate surface area is 84.1 Å². The van der Waals surface area contributed by atoms with Crippen LogP contribution in [0.25, 0.3) is 0 Å². The molecule has 1 fully saturated rings. The first kappa shape index (κ1) is 9.71. The van der Waals surface area contributed by atoms with E-state index < -0.39 is 0 Å². The van der Waals surface area contributed by atoms with Crippen molar-refractivity contribution in [3.63, 3.8) is 0 Å². The fraction of sp³-hybridized carbons (Fsp3) is 0.727. The minimum absolute atomic E-state index is 0.110. The van der Waals surface area contributed by atoms with Crippen molar-refractivity contribution in [2.45, 2.75) is 24.9 Å². The Hall–Kier alpha value is -0.830. The fourth-order valence-corrected chi connectivity index (χ4v) is 2.63. The van der Waals surface area contributed by atoms with Gasteiger partial charge in [-0.15, -0.1) is 0 Å². The second-order valence-electron chi connectivity index (χ2n) is 4.13. The van der Waals surface area contributed by atoms with Gasteiger partial charge in [-0.1, -0.05) is 12.2 Å². The van der Waals surface area contributed by atoms with Crippen LogP contribution in [0.4, 0.5) is 0 Å². The van der Waals surface area contributed by atoms with E-state index in [1.807, 2.05) is 6.08 Å². The molecule has 0 spiro atoms. The molecule has 2 bridgehead atoms. The van der Waals surface area contributed by atoms with Crippen molar-refractivity contribution < 1.29 is 14.3 Å². The first-order chi connectivity index (χ1) is 6.72. The Kier molecular flexibility index (Phi) is 2.35. The van der Waals surface area contributed by atoms with Crippen molar-refractivity contribution in [2.24, 2.45) is 11.8 Å². The molecule has 0 aromatic heterocycles. The smallest absolute Gasteiger partial charge is 0.311 e. The van der Waals surface area contributed by atoms with Gasteiger partial charge < -0.3 is 9.47 Å². The maximum absolute atomic E-state index is 11.6. The highest BCUT2D eigenvalue weighted by Crippen LogP contribution is 2.45. The maximum atomic E-state index is 11.6. The molecule has 78 valence electrons. The van der Waals surface area contributed by atoms with Gasteiger partial charge in [0.25, 0.3) is 0 Å². The molecule has 0 aliphatic heterocycles. The summed E-state index contributed by atoms with van der Waals surface area (Å²) in [4.78, 5) is 11.6. The summed E-state index contributed by atoms with van der Waals surface area (Å²) in [5.74, 6) is 0.290. The molecule has 3 atom stereocenters. The van der Waals surface area contributed by atoms with Crippen LogP contribution >= 0.6 is 0 Å². The molecule has 0 saturated heterocycles. The molecule has 1 saturated carbocycles. The number of hydrogen-bond acceptors (Lipinski definition) is 3. The first-order valence-electron chi connectivity index (χ1n) is 5.04. The Bertz CT molecular complexity index is 272. The summed E-state index contributed by atoms with van der Waals surface area (Å²) >= 11 is 0. The molecule has 0 aromatic carbocycles. The minimum Gasteiger partial charge on any atom is -0.469 e. The van der Waals surface area contributed by atoms with E-state index in [1.54, 1.807) is 7.11 Å². The second-order valence-corrected chi connectivity index (χ2v) is 4.13. The number of methoxy groups -OCH3 is 2. The predicted octanol–water partition coefficient (Wildman–Crippen LogP) is 1.53. The van der Waals surface area contributed by atoms with E-state index in [0.717, 1.165) is 19.3 Å². The van der Waals surface area contributed by atoms with Crippen molar-refractivity contribution in [1.82, 2.24) is 0 Å². The number of carbonyl (C=O) groups excluding carboxylic acids is 1. The zero-order chi connectivity index (χ0) is 10.2. The Balaban J connectivity index is 2.27. The zero-order valence-electron chi connectivity index (χ0n) is 8.66. The maximum Gasteiger partial charge on any atom is 0.311 e. The molecule has 0 heterocycles. The average Bonchev–Trinajstić information content (AvgIpc) is 2.29. The van der Waals surface area contributed by atoms with E-state index in [4.69, 9.17) is 9.47 Å². The van der Waals surface area contributed by atoms with Crippen molar-refractivity contribution in [3.05, 3.63) is 12.2 Å². The molecule has 14 heavy (non-hydrogen) atoms. The van der Waals surface area contributed by atoms with Gasteiger partial charge in [-0.05, 0) is 25.2 Å². The molecule has 0 aromatic rings. The van der Waals surface area contributed by atoms with Gasteiger partial charge in [-0.2, -0.15) is 0 Å². The van der Waals surface area contributed by atoms with Crippen molar-refractivity contribution in [1.29, 1.82) is 0 Å². The molecule has 3 aliphatic carbocycles. The molecule has 3 rings (SSSR count). The van der Waals surface area contributed by atoms with Crippen LogP contribution < -0.4 is 0 Å². The van der Waals surface area contributed by atoms with Gasteiger partial charge in [0.05, 0.1) is 18.6 Å². The third-order valence-electron chi connectivity index (χ3n) is 3.55. The Morgan fingerprint density at radius 2 is 2.29 bits per heavy atom. The van der Waals surface area contributed by atoms with E-state index in [2.05, 4.69) is 6.08 Å². The molecule has 0 amide bonds. The van der Waals surface area contributed by atoms with E-state index in [-0.39, 0.29) is 17.5 Å². The van der Waals surface area contributed by atoms with Crippen LogP contribution in [0.3, 0.4) is 0 Å². The van der Waals surface area contributed by atoms with Crippen molar-refractivity contribution in [3.8, 4) is 0 Å². The summed E-state index contributed by atoms with van der Waals surface area (Å²) in [6.07, 6.45) is 7.15. The molecule has 3 unspecified atom stereocenters. The van der Waals surface area contributed by atoms with E-state index >= 15 is 0 Å². The molecule has 0 radical (unpaired) electrons. The number of rotatable bonds is 2. The number of esters is 1. The van der Waals surface area contributed by atoms with Crippen LogP contribution in [-0.4, -0.2) is 25.8 Å². The van der Waals surface area contributed by atoms with Crippen LogP contribution in [0.2, 0.25) is 0 Å². The molecular weight excluding hydrogens is 180 g/mol. The summed E-state index contributed by atoms with van der Waals surface area (Å²) < 4.78 is 10.3. The minimum atomic E-state index is -0.387. The third-order valence-corrected chi connectivity index (χ3v) is 3.55. The number of ether oxygens (including phenoxy) is 2. The SMILES string of the molecule is COC(=O)C1CC2C=CC1(OC)CC2. The van der Waals surface area contributed by atoms with Gasteiger partial charge >= 0.3 is 5.97 Å². The first-order valence-corrected chi connectivity index (χ1v) is 5.04. The van der Waals surface area contributed by atoms with Gasteiger partial charge in [0, 0.05) is 7.11 Å². The third kappa shape index (κ3) is 1.27. The normalized spacial score (nSPS) is 39.9. The lowest BCUT2D eigenvalue weighted by molar-refractivity contribution is -0.160. The van der Waals surface area contributed by atoms with E-state index in [0.29, 0.717) is 5.92 Å². The fourth-order valence-electron chi connectivity index (χ4n) is 2.63. The van der Waals surface area contributed by atoms with Crippen LogP contribution in [0.1, 0.15) is 19.3 Å². The molecular formula is C11H16O3. The monoisotopic (exact) mass is 196 g/mol. The van der Waals surface area contributed by atoms with Gasteiger partial charge in [0.2, 0.25) is 0 Å². The number of carbonyl (C=O) groups is 1. The highest BCUT2D eigenvalue weighted by molar-refractivity contribution is 5.75. The van der Waals surface area contributed by atoms with E-state index in [1.165, 1.54) is 7.11 Å². The lowest BCUT2D eigenvalue weighted by Crippen LogP contribution is -2.49. The lowest BCUT2D eigenvalue weighted by Gasteiger charge is -2.45. The van der Waals surface area contributed by atoms with Gasteiger partial charge in [0.15, 0.2) is 0 Å². The quantitative estimate of drug-likeness (QED) is 0.496. The molecule has 3 aliphatic rings. The largest absolute Gasteiger partial charge is 0.469 e. The molecule has 0 N–H and O–H groups in total. The number of hydrogen-bond donors (Lipinski definition) is 0. The summed E-state index contributed by atoms with van der Waals surface area (Å²) in [6, 6.07) is 0. The topological polar surface area (TPSA) is 35.5 Å². The summed E-state index contributed by atoms with van der Waals surface area (Å²) in [5, 5.41) is 0. The molecule has 3 nitrogen and oxygen atoms in total. The van der Waals surface area contributed by atoms with Crippen LogP contribution in [0.15, 0.2) is 12.2 Å². The van der Waals surface area contributed by atoms with E-state index in [9.17, 15) is 4.79 Å². The van der Waals surface area contributed by atoms with Gasteiger partial charge in [-0.3, -0.25) is 4.79 Å². The Morgan fingerprint density at radius 1 is 1.50 bits per heavy atom. The summed E-state index contributed by atoms with van der Waals surface area (Å²) in [5.41, 5.74) is -0.387. The second kappa shape index (κ2) is 3.39. The standard InChI is InChI=1S/C11H16O3/c1-13-10(12)9-7-8-3-5-11(9,14-2)6-4-8/h3,5,8-9H,4,6-7H2,1-2H3. The van der Waals surface area contributed by atoms with Crippen LogP contribution in [0.5, 0.6) is 0 Å². The number of allylic oxidation sites excluding steroid dienone is 1. The van der Waals surface area contributed by atoms with Crippen molar-refractivity contribution in [2.75, 3.05) is 14.2 Å². The summed E-state index contributed by atoms with van der Waals surface area (Å²) in [7, 11) is 3.11. The molecule has 3 heteroatoms. The predicted molar refractivity (Wildman–Crippen MR) is 51.7 cm³/mol. The Morgan fingerprint density at radius 3 is 2.79 bits per heavy atom. The highest BCUT2D eigenvalue weighted by atomic mass is 16.5. The lowest BCUT2D eigenvalue weighted by atomic mass is 9.66. The van der Waals surface area contributed by atoms with Gasteiger partial charge in [0.1, 0.15) is 0 Å². The van der Waals surface area contributed by atoms with Gasteiger partial charge in [-0.25, -0.2) is 0 Å². The van der Waals surface area contributed by atoms with Crippen LogP contribution in [0, 0.1) is 11.8 Å². The zero-order valence-corrected chi connectivity index (χ0v) is 8.66. The highest BCUT2D eigenvalue weighted by Gasteiger charge is 2.49.